The van der Waals surface area contributed by atoms with Crippen LogP contribution in [0.5, 0.6) is 11.5 Å². The van der Waals surface area contributed by atoms with Crippen molar-refractivity contribution >= 4 is 5.91 Å². The molecule has 4 N–H and O–H groups in total. The number of aryl methyl sites for hydroxylation is 1. The maximum atomic E-state index is 11.5. The predicted octanol–water partition coefficient (Wildman–Crippen LogP) is -0.0121. The lowest BCUT2D eigenvalue weighted by atomic mass is 10.0. The molecule has 0 heterocycles. The monoisotopic (exact) mass is 415 g/mol. The average Bonchev–Trinajstić information content (AvgIpc) is 2.67. The van der Waals surface area contributed by atoms with Gasteiger partial charge in [0, 0.05) is 19.6 Å². The van der Waals surface area contributed by atoms with Crippen molar-refractivity contribution in [2.45, 2.75) is 26.9 Å². The van der Waals surface area contributed by atoms with Crippen LogP contribution in [0.2, 0.25) is 0 Å². The number of aromatic hydroxyl groups is 1. The first-order valence-corrected chi connectivity index (χ1v) is 9.15. The summed E-state index contributed by atoms with van der Waals surface area (Å²) in [6.45, 7) is 6.06. The molecular formula is C18H29N3O8. The number of carbonyl (C=O) groups excluding carboxylic acids is 1. The molecule has 0 spiro atoms. The minimum atomic E-state index is -0.928. The van der Waals surface area contributed by atoms with Crippen LogP contribution in [-0.2, 0) is 14.4 Å². The number of nitrogens with one attached hydrogen (secondary N) is 2. The highest BCUT2D eigenvalue weighted by Crippen LogP contribution is 2.31. The number of rotatable bonds is 14. The van der Waals surface area contributed by atoms with Gasteiger partial charge < -0.3 is 35.2 Å². The van der Waals surface area contributed by atoms with E-state index in [9.17, 15) is 25.1 Å². The lowest BCUT2D eigenvalue weighted by molar-refractivity contribution is -0.758. The SMILES string of the molecule is Cc1cc(OCC(O)CNCCNC(=O)COCCO[N+](=O)[O-])c(C)c(C)c1O. The van der Waals surface area contributed by atoms with Crippen LogP contribution in [0.15, 0.2) is 6.07 Å². The number of aliphatic hydroxyl groups is 1. The normalized spacial score (nSPS) is 11.7. The van der Waals surface area contributed by atoms with Gasteiger partial charge in [-0.3, -0.25) is 4.79 Å². The number of amides is 1. The molecule has 11 nitrogen and oxygen atoms in total. The Hall–Kier alpha value is -2.63. The summed E-state index contributed by atoms with van der Waals surface area (Å²) in [5, 5.41) is 34.5. The number of ether oxygens (including phenoxy) is 2. The highest BCUT2D eigenvalue weighted by Gasteiger charge is 2.12. The molecule has 1 aromatic carbocycles. The summed E-state index contributed by atoms with van der Waals surface area (Å²) < 4.78 is 10.6. The Balaban J connectivity index is 2.13. The lowest BCUT2D eigenvalue weighted by Crippen LogP contribution is -2.38. The van der Waals surface area contributed by atoms with Gasteiger partial charge >= 0.3 is 0 Å². The number of phenols is 1. The quantitative estimate of drug-likeness (QED) is 0.187. The predicted molar refractivity (Wildman–Crippen MR) is 103 cm³/mol. The van der Waals surface area contributed by atoms with Crippen molar-refractivity contribution < 1.29 is 34.4 Å². The summed E-state index contributed by atoms with van der Waals surface area (Å²) in [6.07, 6.45) is -0.746. The summed E-state index contributed by atoms with van der Waals surface area (Å²) in [5.74, 6) is 0.507. The second-order valence-electron chi connectivity index (χ2n) is 6.42. The number of benzene rings is 1. The number of hydrogen-bond donors (Lipinski definition) is 4. The van der Waals surface area contributed by atoms with Crippen LogP contribution in [0.3, 0.4) is 0 Å². The molecule has 0 saturated carbocycles. The van der Waals surface area contributed by atoms with Crippen LogP contribution < -0.4 is 15.4 Å². The van der Waals surface area contributed by atoms with E-state index < -0.39 is 11.2 Å². The second kappa shape index (κ2) is 12.8. The van der Waals surface area contributed by atoms with E-state index in [0.717, 1.165) is 11.1 Å². The summed E-state index contributed by atoms with van der Waals surface area (Å²) in [7, 11) is 0. The van der Waals surface area contributed by atoms with Crippen molar-refractivity contribution in [2.75, 3.05) is 46.1 Å². The Morgan fingerprint density at radius 2 is 1.97 bits per heavy atom. The van der Waals surface area contributed by atoms with Crippen molar-refractivity contribution in [1.82, 2.24) is 10.6 Å². The van der Waals surface area contributed by atoms with Gasteiger partial charge in [-0.05, 0) is 43.5 Å². The maximum absolute atomic E-state index is 11.5. The molecule has 0 aromatic heterocycles. The third-order valence-corrected chi connectivity index (χ3v) is 4.10. The van der Waals surface area contributed by atoms with Gasteiger partial charge in [-0.1, -0.05) is 0 Å². The van der Waals surface area contributed by atoms with Crippen LogP contribution in [0.1, 0.15) is 16.7 Å². The van der Waals surface area contributed by atoms with E-state index in [0.29, 0.717) is 24.4 Å². The molecule has 11 heteroatoms. The van der Waals surface area contributed by atoms with Gasteiger partial charge in [0.1, 0.15) is 37.4 Å². The topological polar surface area (TPSA) is 152 Å². The van der Waals surface area contributed by atoms with E-state index in [4.69, 9.17) is 9.47 Å². The van der Waals surface area contributed by atoms with E-state index in [1.165, 1.54) is 0 Å². The highest BCUT2D eigenvalue weighted by molar-refractivity contribution is 5.77. The van der Waals surface area contributed by atoms with Gasteiger partial charge in [-0.2, -0.15) is 0 Å². The molecule has 0 aliphatic heterocycles. The molecule has 1 amide bonds. The molecule has 1 rings (SSSR count). The largest absolute Gasteiger partial charge is 0.507 e. The van der Waals surface area contributed by atoms with Crippen molar-refractivity contribution in [3.05, 3.63) is 32.9 Å². The Morgan fingerprint density at radius 3 is 2.66 bits per heavy atom. The summed E-state index contributed by atoms with van der Waals surface area (Å²) in [6, 6.07) is 1.74. The number of nitrogens with zero attached hydrogens (tertiary/aromatic N) is 1. The smallest absolute Gasteiger partial charge is 0.294 e. The molecule has 0 aliphatic carbocycles. The number of phenolic OH excluding ortho intramolecular Hbond substituents is 1. The van der Waals surface area contributed by atoms with Crippen LogP contribution in [0.25, 0.3) is 0 Å². The standard InChI is InChI=1S/C18H29N3O8/c1-12-8-16(13(2)14(3)18(12)24)28-10-15(22)9-19-4-5-20-17(23)11-27-6-7-29-21(25)26/h8,15,19,22,24H,4-7,9-11H2,1-3H3,(H,20,23). The molecule has 1 unspecified atom stereocenters. The third-order valence-electron chi connectivity index (χ3n) is 4.10. The van der Waals surface area contributed by atoms with Crippen LogP contribution in [0.4, 0.5) is 0 Å². The molecule has 0 saturated heterocycles. The summed E-state index contributed by atoms with van der Waals surface area (Å²) >= 11 is 0. The molecular weight excluding hydrogens is 386 g/mol. The Bertz CT molecular complexity index is 684. The first-order valence-electron chi connectivity index (χ1n) is 9.15. The third kappa shape index (κ3) is 9.41. The fourth-order valence-electron chi connectivity index (χ4n) is 2.37. The highest BCUT2D eigenvalue weighted by atomic mass is 17.0. The Labute approximate surface area is 169 Å². The molecule has 0 bridgehead atoms. The maximum Gasteiger partial charge on any atom is 0.294 e. The first-order chi connectivity index (χ1) is 13.7. The van der Waals surface area contributed by atoms with Crippen molar-refractivity contribution in [3.63, 3.8) is 0 Å². The van der Waals surface area contributed by atoms with Gasteiger partial charge in [-0.25, -0.2) is 0 Å². The van der Waals surface area contributed by atoms with Gasteiger partial charge in [0.05, 0.1) is 6.61 Å². The Morgan fingerprint density at radius 1 is 1.24 bits per heavy atom. The zero-order valence-corrected chi connectivity index (χ0v) is 16.9. The molecule has 29 heavy (non-hydrogen) atoms. The fourth-order valence-corrected chi connectivity index (χ4v) is 2.37. The minimum absolute atomic E-state index is 0.0571. The number of carbonyl (C=O) groups is 1. The number of hydrogen-bond acceptors (Lipinski definition) is 9. The molecule has 1 aromatic rings. The molecule has 164 valence electrons. The van der Waals surface area contributed by atoms with Crippen molar-refractivity contribution in [3.8, 4) is 11.5 Å². The van der Waals surface area contributed by atoms with Crippen LogP contribution >= 0.6 is 0 Å². The van der Waals surface area contributed by atoms with Crippen LogP contribution in [-0.4, -0.2) is 73.4 Å². The van der Waals surface area contributed by atoms with Crippen molar-refractivity contribution in [1.29, 1.82) is 0 Å². The van der Waals surface area contributed by atoms with Gasteiger partial charge in [0.2, 0.25) is 5.91 Å². The van der Waals surface area contributed by atoms with E-state index in [-0.39, 0.29) is 44.6 Å². The molecule has 0 aliphatic rings. The summed E-state index contributed by atoms with van der Waals surface area (Å²) in [5.41, 5.74) is 2.28. The second-order valence-corrected chi connectivity index (χ2v) is 6.42. The van der Waals surface area contributed by atoms with Gasteiger partial charge in [-0.15, -0.1) is 10.1 Å². The molecule has 1 atom stereocenters. The Kier molecular flexibility index (Phi) is 10.7. The van der Waals surface area contributed by atoms with E-state index in [1.54, 1.807) is 13.0 Å². The van der Waals surface area contributed by atoms with E-state index >= 15 is 0 Å². The number of aliphatic hydroxyl groups excluding tert-OH is 1. The fraction of sp³-hybridized carbons (Fsp3) is 0.611. The zero-order valence-electron chi connectivity index (χ0n) is 16.9. The molecule has 0 fully saturated rings. The van der Waals surface area contributed by atoms with E-state index in [1.807, 2.05) is 13.8 Å². The van der Waals surface area contributed by atoms with Gasteiger partial charge in [0.15, 0.2) is 0 Å². The zero-order chi connectivity index (χ0) is 21.8. The first kappa shape index (κ1) is 24.4. The average molecular weight is 415 g/mol. The summed E-state index contributed by atoms with van der Waals surface area (Å²) in [4.78, 5) is 25.4. The lowest BCUT2D eigenvalue weighted by Gasteiger charge is -2.17. The van der Waals surface area contributed by atoms with E-state index in [2.05, 4.69) is 15.5 Å². The van der Waals surface area contributed by atoms with Crippen LogP contribution in [0, 0.1) is 30.9 Å². The molecule has 0 radical (unpaired) electrons. The van der Waals surface area contributed by atoms with Gasteiger partial charge in [0.25, 0.3) is 5.09 Å². The minimum Gasteiger partial charge on any atom is -0.507 e. The van der Waals surface area contributed by atoms with Crippen molar-refractivity contribution in [2.24, 2.45) is 0 Å².